The van der Waals surface area contributed by atoms with Gasteiger partial charge in [0.2, 0.25) is 5.88 Å². The standard InChI is InChI=1S/C16H13Cl2F3N2O2/c1-5-16(2,3)25-11-6-8(10(19)7-9(11)17)13-12(18)14(23(4)22-13)24-15(20)21/h1,6-7,15H,2-4H3. The summed E-state index contributed by atoms with van der Waals surface area (Å²) in [6.45, 7) is 0.134. The second-order valence-electron chi connectivity index (χ2n) is 5.49. The first kappa shape index (κ1) is 19.3. The predicted octanol–water partition coefficient (Wildman–Crippen LogP) is 4.93. The van der Waals surface area contributed by atoms with Crippen LogP contribution in [0.1, 0.15) is 13.8 Å². The summed E-state index contributed by atoms with van der Waals surface area (Å²) in [4.78, 5) is 0. The molecule has 0 N–H and O–H groups in total. The molecule has 0 bridgehead atoms. The second-order valence-corrected chi connectivity index (χ2v) is 6.27. The van der Waals surface area contributed by atoms with E-state index in [4.69, 9.17) is 34.4 Å². The SMILES string of the molecule is C#CC(C)(C)Oc1cc(-c2nn(C)c(OC(F)F)c2Cl)c(F)cc1Cl. The summed E-state index contributed by atoms with van der Waals surface area (Å²) in [7, 11) is 1.33. The van der Waals surface area contributed by atoms with Gasteiger partial charge < -0.3 is 9.47 Å². The van der Waals surface area contributed by atoms with Crippen LogP contribution >= 0.6 is 23.2 Å². The summed E-state index contributed by atoms with van der Waals surface area (Å²) < 4.78 is 50.1. The molecule has 1 aromatic carbocycles. The summed E-state index contributed by atoms with van der Waals surface area (Å²) in [5.74, 6) is 1.35. The Hall–Kier alpha value is -2.04. The minimum atomic E-state index is -3.11. The molecular formula is C16H13Cl2F3N2O2. The number of nitrogens with zero attached hydrogens (tertiary/aromatic N) is 2. The number of aryl methyl sites for hydroxylation is 1. The molecule has 0 unspecified atom stereocenters. The molecule has 1 heterocycles. The summed E-state index contributed by atoms with van der Waals surface area (Å²) in [6.07, 6.45) is 5.36. The number of terminal acetylenes is 1. The molecule has 0 aliphatic heterocycles. The van der Waals surface area contributed by atoms with Gasteiger partial charge in [-0.1, -0.05) is 29.1 Å². The molecular weight excluding hydrogens is 380 g/mol. The number of benzene rings is 1. The smallest absolute Gasteiger partial charge is 0.388 e. The highest BCUT2D eigenvalue weighted by Crippen LogP contribution is 2.40. The van der Waals surface area contributed by atoms with Gasteiger partial charge >= 0.3 is 6.61 Å². The van der Waals surface area contributed by atoms with Crippen molar-refractivity contribution in [3.05, 3.63) is 28.0 Å². The molecule has 25 heavy (non-hydrogen) atoms. The lowest BCUT2D eigenvalue weighted by molar-refractivity contribution is -0.0552. The Kier molecular flexibility index (Phi) is 5.45. The van der Waals surface area contributed by atoms with Crippen molar-refractivity contribution in [3.8, 4) is 35.2 Å². The zero-order valence-corrected chi connectivity index (χ0v) is 14.9. The van der Waals surface area contributed by atoms with Crippen LogP contribution in [0.2, 0.25) is 10.0 Å². The van der Waals surface area contributed by atoms with Gasteiger partial charge in [0, 0.05) is 12.6 Å². The molecule has 134 valence electrons. The van der Waals surface area contributed by atoms with Crippen molar-refractivity contribution in [2.45, 2.75) is 26.1 Å². The van der Waals surface area contributed by atoms with E-state index in [9.17, 15) is 13.2 Å². The van der Waals surface area contributed by atoms with Crippen LogP contribution in [-0.4, -0.2) is 22.0 Å². The van der Waals surface area contributed by atoms with Crippen molar-refractivity contribution in [2.75, 3.05) is 0 Å². The number of rotatable bonds is 5. The zero-order chi connectivity index (χ0) is 18.9. The molecule has 2 aromatic rings. The van der Waals surface area contributed by atoms with Gasteiger partial charge in [0.05, 0.1) is 5.02 Å². The van der Waals surface area contributed by atoms with Gasteiger partial charge in [0.25, 0.3) is 0 Å². The van der Waals surface area contributed by atoms with Gasteiger partial charge in [-0.05, 0) is 26.0 Å². The lowest BCUT2D eigenvalue weighted by Crippen LogP contribution is -2.25. The van der Waals surface area contributed by atoms with Gasteiger partial charge in [0.1, 0.15) is 22.3 Å². The molecule has 4 nitrogen and oxygen atoms in total. The van der Waals surface area contributed by atoms with E-state index in [2.05, 4.69) is 15.8 Å². The van der Waals surface area contributed by atoms with E-state index < -0.39 is 23.9 Å². The molecule has 0 amide bonds. The first-order chi connectivity index (χ1) is 11.6. The van der Waals surface area contributed by atoms with Crippen LogP contribution < -0.4 is 9.47 Å². The van der Waals surface area contributed by atoms with E-state index >= 15 is 0 Å². The third kappa shape index (κ3) is 4.14. The molecule has 0 saturated heterocycles. The minimum Gasteiger partial charge on any atom is -0.474 e. The number of halogens is 5. The van der Waals surface area contributed by atoms with Gasteiger partial charge in [-0.3, -0.25) is 0 Å². The summed E-state index contributed by atoms with van der Waals surface area (Å²) in [5.41, 5.74) is -1.20. The van der Waals surface area contributed by atoms with Gasteiger partial charge in [0.15, 0.2) is 5.60 Å². The van der Waals surface area contributed by atoms with Crippen LogP contribution in [0.25, 0.3) is 11.3 Å². The van der Waals surface area contributed by atoms with Crippen LogP contribution in [0.3, 0.4) is 0 Å². The van der Waals surface area contributed by atoms with E-state index in [1.165, 1.54) is 13.1 Å². The maximum absolute atomic E-state index is 14.3. The molecule has 0 aliphatic carbocycles. The molecule has 1 aromatic heterocycles. The molecule has 2 rings (SSSR count). The van der Waals surface area contributed by atoms with Crippen molar-refractivity contribution in [1.82, 2.24) is 9.78 Å². The number of hydrogen-bond donors (Lipinski definition) is 0. The predicted molar refractivity (Wildman–Crippen MR) is 88.8 cm³/mol. The fourth-order valence-electron chi connectivity index (χ4n) is 1.96. The molecule has 0 aliphatic rings. The number of ether oxygens (including phenoxy) is 2. The third-order valence-electron chi connectivity index (χ3n) is 3.13. The Morgan fingerprint density at radius 2 is 1.96 bits per heavy atom. The zero-order valence-electron chi connectivity index (χ0n) is 13.4. The van der Waals surface area contributed by atoms with Crippen molar-refractivity contribution in [1.29, 1.82) is 0 Å². The Labute approximate surface area is 152 Å². The molecule has 9 heteroatoms. The monoisotopic (exact) mass is 392 g/mol. The van der Waals surface area contributed by atoms with Crippen LogP contribution in [0.4, 0.5) is 13.2 Å². The highest BCUT2D eigenvalue weighted by Gasteiger charge is 2.25. The van der Waals surface area contributed by atoms with Crippen molar-refractivity contribution in [3.63, 3.8) is 0 Å². The first-order valence-electron chi connectivity index (χ1n) is 6.89. The van der Waals surface area contributed by atoms with Crippen LogP contribution in [0.15, 0.2) is 12.1 Å². The van der Waals surface area contributed by atoms with Gasteiger partial charge in [-0.25, -0.2) is 9.07 Å². The first-order valence-corrected chi connectivity index (χ1v) is 7.65. The Morgan fingerprint density at radius 3 is 2.52 bits per heavy atom. The maximum Gasteiger partial charge on any atom is 0.388 e. The quantitative estimate of drug-likeness (QED) is 0.677. The largest absolute Gasteiger partial charge is 0.474 e. The molecule has 0 spiro atoms. The van der Waals surface area contributed by atoms with Crippen molar-refractivity contribution >= 4 is 23.2 Å². The third-order valence-corrected chi connectivity index (χ3v) is 3.77. The topological polar surface area (TPSA) is 36.3 Å². The van der Waals surface area contributed by atoms with E-state index in [1.807, 2.05) is 0 Å². The summed E-state index contributed by atoms with van der Waals surface area (Å²) in [6, 6.07) is 2.24. The molecule has 0 atom stereocenters. The highest BCUT2D eigenvalue weighted by atomic mass is 35.5. The number of alkyl halides is 2. The van der Waals surface area contributed by atoms with Gasteiger partial charge in [-0.2, -0.15) is 13.9 Å². The second kappa shape index (κ2) is 7.06. The lowest BCUT2D eigenvalue weighted by Gasteiger charge is -2.21. The molecule has 0 fully saturated rings. The van der Waals surface area contributed by atoms with Gasteiger partial charge in [-0.15, -0.1) is 6.42 Å². The van der Waals surface area contributed by atoms with Crippen molar-refractivity contribution in [2.24, 2.45) is 7.05 Å². The average Bonchev–Trinajstić information content (AvgIpc) is 2.77. The van der Waals surface area contributed by atoms with Crippen molar-refractivity contribution < 1.29 is 22.6 Å². The highest BCUT2D eigenvalue weighted by molar-refractivity contribution is 6.34. The Bertz CT molecular complexity index is 845. The van der Waals surface area contributed by atoms with Crippen LogP contribution in [-0.2, 0) is 7.05 Å². The lowest BCUT2D eigenvalue weighted by atomic mass is 10.1. The average molecular weight is 393 g/mol. The Morgan fingerprint density at radius 1 is 1.32 bits per heavy atom. The number of hydrogen-bond acceptors (Lipinski definition) is 3. The minimum absolute atomic E-state index is 0.0133. The van der Waals surface area contributed by atoms with E-state index in [0.29, 0.717) is 0 Å². The fraction of sp³-hybridized carbons (Fsp3) is 0.312. The van der Waals surface area contributed by atoms with E-state index in [-0.39, 0.29) is 27.1 Å². The number of aromatic nitrogens is 2. The molecule has 0 saturated carbocycles. The van der Waals surface area contributed by atoms with Crippen LogP contribution in [0, 0.1) is 18.2 Å². The van der Waals surface area contributed by atoms with E-state index in [0.717, 1.165) is 10.7 Å². The maximum atomic E-state index is 14.3. The summed E-state index contributed by atoms with van der Waals surface area (Å²) >= 11 is 12.0. The fourth-order valence-corrected chi connectivity index (χ4v) is 2.46. The summed E-state index contributed by atoms with van der Waals surface area (Å²) in [5, 5.41) is 3.64. The molecule has 0 radical (unpaired) electrons. The van der Waals surface area contributed by atoms with Crippen LogP contribution in [0.5, 0.6) is 11.6 Å². The normalized spacial score (nSPS) is 11.5. The Balaban J connectivity index is 2.55. The van der Waals surface area contributed by atoms with E-state index in [1.54, 1.807) is 13.8 Å².